The van der Waals surface area contributed by atoms with Gasteiger partial charge in [0.2, 0.25) is 0 Å². The number of piperidine rings is 1. The Morgan fingerprint density at radius 1 is 1.09 bits per heavy atom. The van der Waals surface area contributed by atoms with Gasteiger partial charge in [0.15, 0.2) is 0 Å². The van der Waals surface area contributed by atoms with E-state index in [9.17, 15) is 19.5 Å². The molecule has 2 heterocycles. The molecule has 0 radical (unpaired) electrons. The first-order valence-electron chi connectivity index (χ1n) is 11.8. The number of nitrogens with zero attached hydrogens (tertiary/aromatic N) is 2. The van der Waals surface area contributed by atoms with Gasteiger partial charge in [0, 0.05) is 12.6 Å². The third-order valence-corrected chi connectivity index (χ3v) is 6.25. The quantitative estimate of drug-likeness (QED) is 0.593. The van der Waals surface area contributed by atoms with Gasteiger partial charge in [0.05, 0.1) is 18.0 Å². The summed E-state index contributed by atoms with van der Waals surface area (Å²) < 4.78 is 5.23. The molecule has 9 nitrogen and oxygen atoms in total. The SMILES string of the molecule is Cc1cc(NC(=O)C(=O)N2CCCC[C@H]2[C@H]2CC[C@@H](O)CC2)cnc1NC(=O)OC(C)(C)C. The number of carbonyl (C=O) groups excluding carboxylic acids is 3. The summed E-state index contributed by atoms with van der Waals surface area (Å²) in [5.41, 5.74) is 0.383. The van der Waals surface area contributed by atoms with E-state index < -0.39 is 23.5 Å². The molecule has 3 amide bonds. The average Bonchev–Trinajstić information content (AvgIpc) is 2.74. The zero-order valence-electron chi connectivity index (χ0n) is 20.0. The Labute approximate surface area is 195 Å². The molecule has 1 saturated carbocycles. The van der Waals surface area contributed by atoms with Gasteiger partial charge in [-0.15, -0.1) is 0 Å². The Morgan fingerprint density at radius 3 is 2.42 bits per heavy atom. The lowest BCUT2D eigenvalue weighted by atomic mass is 9.79. The van der Waals surface area contributed by atoms with Crippen molar-refractivity contribution >= 4 is 29.4 Å². The van der Waals surface area contributed by atoms with E-state index in [4.69, 9.17) is 4.74 Å². The van der Waals surface area contributed by atoms with Crippen LogP contribution in [0.4, 0.5) is 16.3 Å². The summed E-state index contributed by atoms with van der Waals surface area (Å²) in [7, 11) is 0. The largest absolute Gasteiger partial charge is 0.444 e. The summed E-state index contributed by atoms with van der Waals surface area (Å²) in [4.78, 5) is 43.7. The molecule has 0 spiro atoms. The van der Waals surface area contributed by atoms with E-state index in [0.717, 1.165) is 44.9 Å². The number of likely N-dealkylation sites (tertiary alicyclic amines) is 1. The van der Waals surface area contributed by atoms with Crippen molar-refractivity contribution in [2.24, 2.45) is 5.92 Å². The van der Waals surface area contributed by atoms with Crippen molar-refractivity contribution in [3.8, 4) is 0 Å². The topological polar surface area (TPSA) is 121 Å². The first-order valence-corrected chi connectivity index (χ1v) is 11.8. The van der Waals surface area contributed by atoms with Crippen molar-refractivity contribution in [2.75, 3.05) is 17.2 Å². The fourth-order valence-corrected chi connectivity index (χ4v) is 4.68. The fourth-order valence-electron chi connectivity index (χ4n) is 4.68. The normalized spacial score (nSPS) is 23.5. The van der Waals surface area contributed by atoms with Crippen LogP contribution in [0.2, 0.25) is 0 Å². The molecule has 1 aromatic heterocycles. The van der Waals surface area contributed by atoms with Crippen LogP contribution in [-0.2, 0) is 14.3 Å². The van der Waals surface area contributed by atoms with Crippen molar-refractivity contribution in [2.45, 2.75) is 90.4 Å². The number of aliphatic hydroxyl groups excluding tert-OH is 1. The summed E-state index contributed by atoms with van der Waals surface area (Å²) >= 11 is 0. The zero-order valence-corrected chi connectivity index (χ0v) is 20.0. The Bertz CT molecular complexity index is 874. The molecule has 3 N–H and O–H groups in total. The highest BCUT2D eigenvalue weighted by Gasteiger charge is 2.37. The van der Waals surface area contributed by atoms with Crippen molar-refractivity contribution in [1.82, 2.24) is 9.88 Å². The van der Waals surface area contributed by atoms with Gasteiger partial charge in [-0.3, -0.25) is 14.9 Å². The standard InChI is InChI=1S/C24H36N4O5/c1-15-13-17(14-25-20(15)27-23(32)33-24(2,3)4)26-21(30)22(31)28-12-6-5-7-19(28)16-8-10-18(29)11-9-16/h13-14,16,18-19,29H,5-12H2,1-4H3,(H,26,30)(H,25,27,32)/t16-,18+,19-/m0/s1. The lowest BCUT2D eigenvalue weighted by Gasteiger charge is -2.42. The highest BCUT2D eigenvalue weighted by Crippen LogP contribution is 2.34. The molecule has 0 unspecified atom stereocenters. The minimum atomic E-state index is -0.688. The van der Waals surface area contributed by atoms with Crippen molar-refractivity contribution in [1.29, 1.82) is 0 Å². The molecule has 1 aromatic rings. The van der Waals surface area contributed by atoms with Crippen LogP contribution in [0.5, 0.6) is 0 Å². The number of hydrogen-bond acceptors (Lipinski definition) is 6. The van der Waals surface area contributed by atoms with Crippen molar-refractivity contribution < 1.29 is 24.2 Å². The van der Waals surface area contributed by atoms with E-state index in [1.54, 1.807) is 38.7 Å². The van der Waals surface area contributed by atoms with Gasteiger partial charge in [0.25, 0.3) is 0 Å². The Kier molecular flexibility index (Phi) is 7.94. The van der Waals surface area contributed by atoms with E-state index in [1.165, 1.54) is 6.20 Å². The number of carbonyl (C=O) groups is 3. The molecule has 1 saturated heterocycles. The first kappa shape index (κ1) is 25.0. The highest BCUT2D eigenvalue weighted by molar-refractivity contribution is 6.39. The molecule has 2 fully saturated rings. The van der Waals surface area contributed by atoms with Crippen LogP contribution in [-0.4, -0.2) is 57.2 Å². The first-order chi connectivity index (χ1) is 15.5. The van der Waals surface area contributed by atoms with Crippen molar-refractivity contribution in [3.05, 3.63) is 17.8 Å². The summed E-state index contributed by atoms with van der Waals surface area (Å²) in [5, 5.41) is 15.1. The van der Waals surface area contributed by atoms with Crippen LogP contribution in [0.1, 0.15) is 71.3 Å². The maximum Gasteiger partial charge on any atom is 0.413 e. The zero-order chi connectivity index (χ0) is 24.2. The maximum absolute atomic E-state index is 13.0. The summed E-state index contributed by atoms with van der Waals surface area (Å²) in [5.74, 6) is -0.567. The molecule has 3 rings (SSSR count). The molecule has 1 atom stereocenters. The number of nitrogens with one attached hydrogen (secondary N) is 2. The number of aryl methyl sites for hydroxylation is 1. The summed E-state index contributed by atoms with van der Waals surface area (Å²) in [6, 6.07) is 1.70. The third-order valence-electron chi connectivity index (χ3n) is 6.25. The summed E-state index contributed by atoms with van der Waals surface area (Å²) in [6.45, 7) is 7.63. The van der Waals surface area contributed by atoms with Gasteiger partial charge in [-0.25, -0.2) is 9.78 Å². The molecule has 182 valence electrons. The van der Waals surface area contributed by atoms with Gasteiger partial charge >= 0.3 is 17.9 Å². The smallest absolute Gasteiger partial charge is 0.413 e. The number of hydrogen-bond donors (Lipinski definition) is 3. The molecular formula is C24H36N4O5. The van der Waals surface area contributed by atoms with Crippen LogP contribution < -0.4 is 10.6 Å². The monoisotopic (exact) mass is 460 g/mol. The molecule has 2 aliphatic rings. The number of pyridine rings is 1. The highest BCUT2D eigenvalue weighted by atomic mass is 16.6. The van der Waals surface area contributed by atoms with Crippen LogP contribution in [0.25, 0.3) is 0 Å². The van der Waals surface area contributed by atoms with Gasteiger partial charge < -0.3 is 20.1 Å². The van der Waals surface area contributed by atoms with Crippen LogP contribution >= 0.6 is 0 Å². The van der Waals surface area contributed by atoms with Crippen molar-refractivity contribution in [3.63, 3.8) is 0 Å². The fraction of sp³-hybridized carbons (Fsp3) is 0.667. The molecule has 33 heavy (non-hydrogen) atoms. The minimum absolute atomic E-state index is 0.0461. The average molecular weight is 461 g/mol. The van der Waals surface area contributed by atoms with E-state index in [0.29, 0.717) is 29.5 Å². The number of rotatable bonds is 3. The second kappa shape index (κ2) is 10.5. The van der Waals surface area contributed by atoms with Crippen LogP contribution in [0.3, 0.4) is 0 Å². The lowest BCUT2D eigenvalue weighted by Crippen LogP contribution is -2.52. The second-order valence-electron chi connectivity index (χ2n) is 10.1. The minimum Gasteiger partial charge on any atom is -0.444 e. The van der Waals surface area contributed by atoms with E-state index >= 15 is 0 Å². The van der Waals surface area contributed by atoms with E-state index in [1.807, 2.05) is 0 Å². The maximum atomic E-state index is 13.0. The predicted molar refractivity (Wildman–Crippen MR) is 125 cm³/mol. The molecule has 0 bridgehead atoms. The number of aromatic nitrogens is 1. The Balaban J connectivity index is 1.62. The van der Waals surface area contributed by atoms with Gasteiger partial charge in [-0.2, -0.15) is 0 Å². The van der Waals surface area contributed by atoms with Crippen LogP contribution in [0.15, 0.2) is 12.3 Å². The lowest BCUT2D eigenvalue weighted by molar-refractivity contribution is -0.147. The number of ether oxygens (including phenoxy) is 1. The molecule has 0 aromatic carbocycles. The number of amides is 3. The van der Waals surface area contributed by atoms with E-state index in [-0.39, 0.29) is 12.1 Å². The molecule has 1 aliphatic heterocycles. The Hall–Kier alpha value is -2.68. The molecular weight excluding hydrogens is 424 g/mol. The second-order valence-corrected chi connectivity index (χ2v) is 10.1. The number of aliphatic hydroxyl groups is 1. The summed E-state index contributed by atoms with van der Waals surface area (Å²) in [6.07, 6.45) is 6.64. The molecule has 9 heteroatoms. The van der Waals surface area contributed by atoms with Crippen LogP contribution in [0, 0.1) is 12.8 Å². The Morgan fingerprint density at radius 2 is 1.79 bits per heavy atom. The third kappa shape index (κ3) is 6.90. The predicted octanol–water partition coefficient (Wildman–Crippen LogP) is 3.61. The van der Waals surface area contributed by atoms with Gasteiger partial charge in [-0.1, -0.05) is 0 Å². The van der Waals surface area contributed by atoms with Gasteiger partial charge in [0.1, 0.15) is 11.4 Å². The van der Waals surface area contributed by atoms with E-state index in [2.05, 4.69) is 15.6 Å². The molecule has 1 aliphatic carbocycles. The number of anilines is 2. The van der Waals surface area contributed by atoms with Gasteiger partial charge in [-0.05, 0) is 90.2 Å².